The fraction of sp³-hybridized carbons (Fsp3) is 0.889. The number of nitrogens with two attached hydrogens (primary N) is 1. The van der Waals surface area contributed by atoms with E-state index in [0.717, 1.165) is 12.8 Å². The predicted octanol–water partition coefficient (Wildman–Crippen LogP) is 2.05. The molecule has 0 saturated heterocycles. The van der Waals surface area contributed by atoms with E-state index in [-0.39, 0.29) is 23.7 Å². The van der Waals surface area contributed by atoms with E-state index in [1.807, 2.05) is 0 Å². The summed E-state index contributed by atoms with van der Waals surface area (Å²) in [4.78, 5) is 10.8. The first kappa shape index (κ1) is 11.9. The molecule has 0 atom stereocenters. The molecule has 1 saturated carbocycles. The van der Waals surface area contributed by atoms with Crippen molar-refractivity contribution in [3.05, 3.63) is 0 Å². The maximum Gasteiger partial charge on any atom is 0.131 e. The Morgan fingerprint density at radius 1 is 1.33 bits per heavy atom. The van der Waals surface area contributed by atoms with E-state index in [9.17, 15) is 4.79 Å². The third-order valence-electron chi connectivity index (χ3n) is 2.45. The third-order valence-corrected chi connectivity index (χ3v) is 2.45. The molecule has 12 heavy (non-hydrogen) atoms. The van der Waals surface area contributed by atoms with Gasteiger partial charge in [-0.25, -0.2) is 0 Å². The van der Waals surface area contributed by atoms with Crippen LogP contribution in [0.3, 0.4) is 0 Å². The van der Waals surface area contributed by atoms with Crippen LogP contribution in [0.15, 0.2) is 0 Å². The molecule has 1 aliphatic carbocycles. The van der Waals surface area contributed by atoms with Gasteiger partial charge in [0.05, 0.1) is 0 Å². The van der Waals surface area contributed by atoms with Gasteiger partial charge in [0, 0.05) is 12.0 Å². The van der Waals surface area contributed by atoms with Crippen LogP contribution >= 0.6 is 12.4 Å². The van der Waals surface area contributed by atoms with Crippen molar-refractivity contribution in [2.24, 2.45) is 5.73 Å². The lowest BCUT2D eigenvalue weighted by molar-refractivity contribution is -0.118. The highest BCUT2D eigenvalue weighted by molar-refractivity contribution is 5.85. The largest absolute Gasteiger partial charge is 0.325 e. The molecule has 2 N–H and O–H groups in total. The summed E-state index contributed by atoms with van der Waals surface area (Å²) in [5.74, 6) is 0.231. The summed E-state index contributed by atoms with van der Waals surface area (Å²) >= 11 is 0. The lowest BCUT2D eigenvalue weighted by Crippen LogP contribution is -2.43. The Hall–Kier alpha value is -0.0800. The second kappa shape index (κ2) is 4.83. The van der Waals surface area contributed by atoms with Crippen molar-refractivity contribution >= 4 is 18.2 Å². The second-order valence-electron chi connectivity index (χ2n) is 3.80. The molecule has 0 spiro atoms. The smallest absolute Gasteiger partial charge is 0.131 e. The first-order valence-electron chi connectivity index (χ1n) is 4.41. The highest BCUT2D eigenvalue weighted by atomic mass is 35.5. The molecule has 72 valence electrons. The normalized spacial score (nSPS) is 21.2. The van der Waals surface area contributed by atoms with Crippen molar-refractivity contribution in [2.75, 3.05) is 0 Å². The topological polar surface area (TPSA) is 43.1 Å². The van der Waals surface area contributed by atoms with Gasteiger partial charge in [0.25, 0.3) is 0 Å². The van der Waals surface area contributed by atoms with E-state index in [1.54, 1.807) is 6.92 Å². The first-order valence-corrected chi connectivity index (χ1v) is 4.41. The zero-order chi connectivity index (χ0) is 8.32. The minimum Gasteiger partial charge on any atom is -0.325 e. The third kappa shape index (κ3) is 3.55. The number of rotatable bonds is 2. The average Bonchev–Trinajstić information content (AvgIpc) is 1.85. The van der Waals surface area contributed by atoms with Gasteiger partial charge < -0.3 is 5.73 Å². The molecule has 0 aliphatic heterocycles. The Kier molecular flexibility index (Phi) is 4.80. The van der Waals surface area contributed by atoms with Crippen LogP contribution in [0.1, 0.15) is 45.4 Å². The van der Waals surface area contributed by atoms with E-state index in [4.69, 9.17) is 5.73 Å². The molecule has 0 radical (unpaired) electrons. The standard InChI is InChI=1S/C9H17NO.ClH/c1-8(11)7-9(10)5-3-2-4-6-9;/h2-7,10H2,1H3;1H. The molecule has 0 aromatic heterocycles. The van der Waals surface area contributed by atoms with Crippen LogP contribution in [0.4, 0.5) is 0 Å². The van der Waals surface area contributed by atoms with Crippen molar-refractivity contribution in [1.82, 2.24) is 0 Å². The summed E-state index contributed by atoms with van der Waals surface area (Å²) < 4.78 is 0. The Morgan fingerprint density at radius 3 is 2.25 bits per heavy atom. The minimum atomic E-state index is -0.149. The number of carbonyl (C=O) groups excluding carboxylic acids is 1. The van der Waals surface area contributed by atoms with Gasteiger partial charge in [0.1, 0.15) is 5.78 Å². The Bertz CT molecular complexity index is 153. The molecule has 0 bridgehead atoms. The molecule has 0 unspecified atom stereocenters. The maximum absolute atomic E-state index is 10.8. The summed E-state index contributed by atoms with van der Waals surface area (Å²) in [6.45, 7) is 1.63. The zero-order valence-electron chi connectivity index (χ0n) is 7.64. The summed E-state index contributed by atoms with van der Waals surface area (Å²) in [5.41, 5.74) is 5.89. The van der Waals surface area contributed by atoms with Crippen LogP contribution in [0.2, 0.25) is 0 Å². The molecule has 2 nitrogen and oxygen atoms in total. The van der Waals surface area contributed by atoms with Crippen molar-refractivity contribution in [3.8, 4) is 0 Å². The molecule has 0 amide bonds. The van der Waals surface area contributed by atoms with Crippen LogP contribution in [0, 0.1) is 0 Å². The molecule has 3 heteroatoms. The zero-order valence-corrected chi connectivity index (χ0v) is 8.45. The first-order chi connectivity index (χ1) is 5.12. The fourth-order valence-electron chi connectivity index (χ4n) is 1.93. The Labute approximate surface area is 80.3 Å². The fourth-order valence-corrected chi connectivity index (χ4v) is 1.93. The van der Waals surface area contributed by atoms with Crippen molar-refractivity contribution in [3.63, 3.8) is 0 Å². The van der Waals surface area contributed by atoms with E-state index >= 15 is 0 Å². The van der Waals surface area contributed by atoms with E-state index < -0.39 is 0 Å². The van der Waals surface area contributed by atoms with Gasteiger partial charge in [0.15, 0.2) is 0 Å². The van der Waals surface area contributed by atoms with Gasteiger partial charge in [-0.05, 0) is 19.8 Å². The second-order valence-corrected chi connectivity index (χ2v) is 3.80. The SMILES string of the molecule is CC(=O)CC1(N)CCCCC1.Cl. The molecular weight excluding hydrogens is 174 g/mol. The molecule has 0 aromatic carbocycles. The summed E-state index contributed by atoms with van der Waals surface area (Å²) in [7, 11) is 0. The van der Waals surface area contributed by atoms with Crippen LogP contribution in [-0.4, -0.2) is 11.3 Å². The van der Waals surface area contributed by atoms with Gasteiger partial charge in [-0.15, -0.1) is 12.4 Å². The summed E-state index contributed by atoms with van der Waals surface area (Å²) in [5, 5.41) is 0. The number of Topliss-reactive ketones (excluding diaryl/α,β-unsaturated/α-hetero) is 1. The van der Waals surface area contributed by atoms with Crippen LogP contribution in [0.5, 0.6) is 0 Å². The maximum atomic E-state index is 10.8. The van der Waals surface area contributed by atoms with E-state index in [2.05, 4.69) is 0 Å². The highest BCUT2D eigenvalue weighted by Crippen LogP contribution is 2.28. The molecular formula is C9H18ClNO. The van der Waals surface area contributed by atoms with E-state index in [1.165, 1.54) is 19.3 Å². The van der Waals surface area contributed by atoms with Gasteiger partial charge in [0.2, 0.25) is 0 Å². The molecule has 1 aliphatic rings. The molecule has 1 rings (SSSR count). The van der Waals surface area contributed by atoms with Crippen molar-refractivity contribution in [1.29, 1.82) is 0 Å². The summed E-state index contributed by atoms with van der Waals surface area (Å²) in [6, 6.07) is 0. The number of halogens is 1. The molecule has 0 aromatic rings. The van der Waals surface area contributed by atoms with Gasteiger partial charge in [-0.2, -0.15) is 0 Å². The number of ketones is 1. The quantitative estimate of drug-likeness (QED) is 0.726. The van der Waals surface area contributed by atoms with Crippen LogP contribution < -0.4 is 5.73 Å². The minimum absolute atomic E-state index is 0. The lowest BCUT2D eigenvalue weighted by atomic mass is 9.79. The van der Waals surface area contributed by atoms with Gasteiger partial charge in [-0.1, -0.05) is 19.3 Å². The number of hydrogen-bond donors (Lipinski definition) is 1. The predicted molar refractivity (Wildman–Crippen MR) is 52.5 cm³/mol. The molecule has 0 heterocycles. The van der Waals surface area contributed by atoms with Crippen molar-refractivity contribution in [2.45, 2.75) is 51.0 Å². The monoisotopic (exact) mass is 191 g/mol. The molecule has 1 fully saturated rings. The Balaban J connectivity index is 0.00000121. The highest BCUT2D eigenvalue weighted by Gasteiger charge is 2.28. The van der Waals surface area contributed by atoms with Crippen LogP contribution in [-0.2, 0) is 4.79 Å². The number of carbonyl (C=O) groups is 1. The lowest BCUT2D eigenvalue weighted by Gasteiger charge is -2.32. The van der Waals surface area contributed by atoms with Crippen LogP contribution in [0.25, 0.3) is 0 Å². The average molecular weight is 192 g/mol. The van der Waals surface area contributed by atoms with Crippen molar-refractivity contribution < 1.29 is 4.79 Å². The number of hydrogen-bond acceptors (Lipinski definition) is 2. The van der Waals surface area contributed by atoms with Gasteiger partial charge >= 0.3 is 0 Å². The van der Waals surface area contributed by atoms with Gasteiger partial charge in [-0.3, -0.25) is 4.79 Å². The summed E-state index contributed by atoms with van der Waals surface area (Å²) in [6.07, 6.45) is 6.33. The van der Waals surface area contributed by atoms with E-state index in [0.29, 0.717) is 6.42 Å². The Morgan fingerprint density at radius 2 is 1.83 bits per heavy atom.